The highest BCUT2D eigenvalue weighted by atomic mass is 16.2. The third kappa shape index (κ3) is 3.24. The largest absolute Gasteiger partial charge is 0.343 e. The summed E-state index contributed by atoms with van der Waals surface area (Å²) in [5.74, 6) is 0.267. The molecule has 4 nitrogen and oxygen atoms in total. The molecule has 1 aromatic carbocycles. The maximum atomic E-state index is 13.0. The van der Waals surface area contributed by atoms with Crippen molar-refractivity contribution in [3.05, 3.63) is 71.7 Å². The van der Waals surface area contributed by atoms with Gasteiger partial charge in [-0.25, -0.2) is 4.98 Å². The van der Waals surface area contributed by atoms with Crippen LogP contribution in [-0.4, -0.2) is 33.3 Å². The number of carbonyl (C=O) groups is 1. The van der Waals surface area contributed by atoms with Crippen molar-refractivity contribution in [3.63, 3.8) is 0 Å². The fourth-order valence-electron chi connectivity index (χ4n) is 3.95. The normalized spacial score (nSPS) is 16.0. The topological polar surface area (TPSA) is 37.6 Å². The molecule has 1 fully saturated rings. The lowest BCUT2D eigenvalue weighted by atomic mass is 9.92. The summed E-state index contributed by atoms with van der Waals surface area (Å²) in [6.45, 7) is 3.86. The van der Waals surface area contributed by atoms with Gasteiger partial charge in [0.05, 0.1) is 5.69 Å². The summed E-state index contributed by atoms with van der Waals surface area (Å²) in [6.07, 6.45) is 7.95. The number of pyridine rings is 1. The molecule has 3 heterocycles. The highest BCUT2D eigenvalue weighted by Gasteiger charge is 2.25. The van der Waals surface area contributed by atoms with E-state index in [9.17, 15) is 4.79 Å². The molecule has 4 rings (SSSR count). The summed E-state index contributed by atoms with van der Waals surface area (Å²) in [5.41, 5.74) is 4.36. The van der Waals surface area contributed by atoms with E-state index in [-0.39, 0.29) is 11.8 Å². The van der Waals surface area contributed by atoms with Crippen LogP contribution in [0.1, 0.15) is 48.4 Å². The smallest absolute Gasteiger partial charge is 0.223 e. The second kappa shape index (κ2) is 7.32. The van der Waals surface area contributed by atoms with Crippen LogP contribution in [-0.2, 0) is 4.79 Å². The number of hydrogen-bond acceptors (Lipinski definition) is 2. The fourth-order valence-corrected chi connectivity index (χ4v) is 3.95. The number of nitrogens with zero attached hydrogens (tertiary/aromatic N) is 3. The first-order valence-electron chi connectivity index (χ1n) is 9.49. The molecule has 0 saturated carbocycles. The summed E-state index contributed by atoms with van der Waals surface area (Å²) in [6, 6.07) is 14.5. The summed E-state index contributed by atoms with van der Waals surface area (Å²) >= 11 is 0. The standard InChI is InChI=1S/C22H25N3O/c1-17-9-8-14-25-20(16-23-22(17)25)19(18-10-4-2-5-11-18)15-21(26)24-12-6-3-7-13-24/h2,4-5,8-11,14,16,19H,3,6-7,12-13,15H2,1H3. The van der Waals surface area contributed by atoms with Crippen LogP contribution in [0.2, 0.25) is 0 Å². The SMILES string of the molecule is Cc1cccn2c(C(CC(=O)N3CCCCC3)c3ccccc3)cnc12. The summed E-state index contributed by atoms with van der Waals surface area (Å²) < 4.78 is 2.14. The number of imidazole rings is 1. The molecule has 1 amide bonds. The molecule has 1 unspecified atom stereocenters. The number of likely N-dealkylation sites (tertiary alicyclic amines) is 1. The zero-order chi connectivity index (χ0) is 17.9. The Balaban J connectivity index is 1.71. The number of aromatic nitrogens is 2. The third-order valence-corrected chi connectivity index (χ3v) is 5.41. The summed E-state index contributed by atoms with van der Waals surface area (Å²) in [7, 11) is 0. The molecule has 2 aromatic heterocycles. The number of aryl methyl sites for hydroxylation is 1. The van der Waals surface area contributed by atoms with Crippen LogP contribution in [0.15, 0.2) is 54.9 Å². The van der Waals surface area contributed by atoms with Gasteiger partial charge in [-0.1, -0.05) is 36.4 Å². The highest BCUT2D eigenvalue weighted by molar-refractivity contribution is 5.78. The van der Waals surface area contributed by atoms with Crippen LogP contribution >= 0.6 is 0 Å². The minimum atomic E-state index is 0.0161. The Labute approximate surface area is 154 Å². The zero-order valence-electron chi connectivity index (χ0n) is 15.3. The number of fused-ring (bicyclic) bond motifs is 1. The minimum Gasteiger partial charge on any atom is -0.343 e. The van der Waals surface area contributed by atoms with Crippen molar-refractivity contribution in [2.45, 2.75) is 38.5 Å². The van der Waals surface area contributed by atoms with Crippen molar-refractivity contribution in [2.24, 2.45) is 0 Å². The number of piperidine rings is 1. The van der Waals surface area contributed by atoms with Crippen molar-refractivity contribution >= 4 is 11.6 Å². The Morgan fingerprint density at radius 3 is 2.62 bits per heavy atom. The van der Waals surface area contributed by atoms with Crippen LogP contribution in [0, 0.1) is 6.92 Å². The second-order valence-electron chi connectivity index (χ2n) is 7.18. The van der Waals surface area contributed by atoms with E-state index in [0.717, 1.165) is 42.8 Å². The van der Waals surface area contributed by atoms with Gasteiger partial charge in [0.15, 0.2) is 0 Å². The van der Waals surface area contributed by atoms with E-state index in [1.807, 2.05) is 41.6 Å². The quantitative estimate of drug-likeness (QED) is 0.710. The van der Waals surface area contributed by atoms with Gasteiger partial charge >= 0.3 is 0 Å². The van der Waals surface area contributed by atoms with E-state index in [2.05, 4.69) is 34.5 Å². The molecule has 134 valence electrons. The van der Waals surface area contributed by atoms with Crippen LogP contribution in [0.4, 0.5) is 0 Å². The Morgan fingerprint density at radius 2 is 1.85 bits per heavy atom. The van der Waals surface area contributed by atoms with E-state index in [1.165, 1.54) is 12.0 Å². The number of carbonyl (C=O) groups excluding carboxylic acids is 1. The van der Waals surface area contributed by atoms with Gasteiger partial charge in [0.2, 0.25) is 5.91 Å². The van der Waals surface area contributed by atoms with Gasteiger partial charge in [0.25, 0.3) is 0 Å². The monoisotopic (exact) mass is 347 g/mol. The molecular weight excluding hydrogens is 322 g/mol. The number of amides is 1. The van der Waals surface area contributed by atoms with Crippen molar-refractivity contribution in [3.8, 4) is 0 Å². The Bertz CT molecular complexity index is 894. The van der Waals surface area contributed by atoms with Gasteiger partial charge < -0.3 is 9.30 Å². The lowest BCUT2D eigenvalue weighted by Gasteiger charge is -2.28. The molecule has 0 bridgehead atoms. The predicted molar refractivity (Wildman–Crippen MR) is 103 cm³/mol. The van der Waals surface area contributed by atoms with Crippen LogP contribution in [0.3, 0.4) is 0 Å². The Hall–Kier alpha value is -2.62. The molecule has 1 aliphatic rings. The van der Waals surface area contributed by atoms with Crippen molar-refractivity contribution in [1.29, 1.82) is 0 Å². The number of benzene rings is 1. The molecule has 4 heteroatoms. The molecule has 26 heavy (non-hydrogen) atoms. The average molecular weight is 347 g/mol. The first-order chi connectivity index (χ1) is 12.7. The number of rotatable bonds is 4. The van der Waals surface area contributed by atoms with Gasteiger partial charge in [-0.15, -0.1) is 0 Å². The van der Waals surface area contributed by atoms with Gasteiger partial charge in [0.1, 0.15) is 5.65 Å². The molecular formula is C22H25N3O. The molecule has 1 aliphatic heterocycles. The second-order valence-corrected chi connectivity index (χ2v) is 7.18. The molecule has 0 aliphatic carbocycles. The fraction of sp³-hybridized carbons (Fsp3) is 0.364. The summed E-state index contributed by atoms with van der Waals surface area (Å²) in [5, 5.41) is 0. The van der Waals surface area contributed by atoms with Crippen molar-refractivity contribution in [1.82, 2.24) is 14.3 Å². The predicted octanol–water partition coefficient (Wildman–Crippen LogP) is 4.18. The Kier molecular flexibility index (Phi) is 4.74. The average Bonchev–Trinajstić information content (AvgIpc) is 3.12. The summed E-state index contributed by atoms with van der Waals surface area (Å²) in [4.78, 5) is 19.6. The van der Waals surface area contributed by atoms with Crippen LogP contribution in [0.5, 0.6) is 0 Å². The van der Waals surface area contributed by atoms with Gasteiger partial charge in [0, 0.05) is 37.8 Å². The maximum Gasteiger partial charge on any atom is 0.223 e. The first kappa shape index (κ1) is 16.8. The van der Waals surface area contributed by atoms with E-state index in [1.54, 1.807) is 0 Å². The Morgan fingerprint density at radius 1 is 1.08 bits per heavy atom. The molecule has 1 atom stereocenters. The molecule has 0 spiro atoms. The molecule has 0 N–H and O–H groups in total. The molecule has 3 aromatic rings. The van der Waals surface area contributed by atoms with Crippen molar-refractivity contribution in [2.75, 3.05) is 13.1 Å². The van der Waals surface area contributed by atoms with Crippen LogP contribution < -0.4 is 0 Å². The van der Waals surface area contributed by atoms with Gasteiger partial charge in [-0.2, -0.15) is 0 Å². The zero-order valence-corrected chi connectivity index (χ0v) is 15.3. The highest BCUT2D eigenvalue weighted by Crippen LogP contribution is 2.30. The van der Waals surface area contributed by atoms with Crippen molar-refractivity contribution < 1.29 is 4.79 Å². The first-order valence-corrected chi connectivity index (χ1v) is 9.49. The molecule has 1 saturated heterocycles. The third-order valence-electron chi connectivity index (χ3n) is 5.41. The van der Waals surface area contributed by atoms with E-state index in [4.69, 9.17) is 0 Å². The van der Waals surface area contributed by atoms with Gasteiger partial charge in [-0.05, 0) is 43.4 Å². The van der Waals surface area contributed by atoms with Gasteiger partial charge in [-0.3, -0.25) is 4.79 Å². The maximum absolute atomic E-state index is 13.0. The van der Waals surface area contributed by atoms with E-state index >= 15 is 0 Å². The lowest BCUT2D eigenvalue weighted by molar-refractivity contribution is -0.132. The molecule has 0 radical (unpaired) electrons. The van der Waals surface area contributed by atoms with E-state index in [0.29, 0.717) is 6.42 Å². The lowest BCUT2D eigenvalue weighted by Crippen LogP contribution is -2.36. The van der Waals surface area contributed by atoms with E-state index < -0.39 is 0 Å². The van der Waals surface area contributed by atoms with Crippen LogP contribution in [0.25, 0.3) is 5.65 Å². The number of hydrogen-bond donors (Lipinski definition) is 0. The minimum absolute atomic E-state index is 0.0161.